The molecule has 0 saturated heterocycles. The third kappa shape index (κ3) is 5.22. The molecule has 0 aliphatic heterocycles. The van der Waals surface area contributed by atoms with Gasteiger partial charge in [-0.05, 0) is 50.6 Å². The first-order valence-electron chi connectivity index (χ1n) is 9.11. The van der Waals surface area contributed by atoms with Crippen molar-refractivity contribution in [2.24, 2.45) is 0 Å². The van der Waals surface area contributed by atoms with Gasteiger partial charge in [-0.3, -0.25) is 4.79 Å². The number of rotatable bonds is 7. The van der Waals surface area contributed by atoms with Crippen LogP contribution >= 0.6 is 0 Å². The van der Waals surface area contributed by atoms with E-state index in [4.69, 9.17) is 14.0 Å². The van der Waals surface area contributed by atoms with Crippen LogP contribution in [-0.4, -0.2) is 23.6 Å². The van der Waals surface area contributed by atoms with Gasteiger partial charge in [-0.15, -0.1) is 0 Å². The van der Waals surface area contributed by atoms with E-state index in [1.54, 1.807) is 37.3 Å². The highest BCUT2D eigenvalue weighted by Crippen LogP contribution is 2.22. The van der Waals surface area contributed by atoms with Crippen LogP contribution in [0.25, 0.3) is 0 Å². The highest BCUT2D eigenvalue weighted by Gasteiger charge is 2.17. The summed E-state index contributed by atoms with van der Waals surface area (Å²) in [6.07, 6.45) is 0. The molecule has 150 valence electrons. The zero-order chi connectivity index (χ0) is 20.8. The Hall–Kier alpha value is -3.61. The molecule has 0 saturated carbocycles. The van der Waals surface area contributed by atoms with E-state index in [0.717, 1.165) is 16.8 Å². The van der Waals surface area contributed by atoms with Gasteiger partial charge in [-0.25, -0.2) is 4.79 Å². The summed E-state index contributed by atoms with van der Waals surface area (Å²) >= 11 is 0. The van der Waals surface area contributed by atoms with Crippen LogP contribution in [-0.2, 0) is 16.1 Å². The summed E-state index contributed by atoms with van der Waals surface area (Å²) in [6.45, 7) is 5.35. The van der Waals surface area contributed by atoms with E-state index in [2.05, 4.69) is 10.5 Å². The van der Waals surface area contributed by atoms with Crippen LogP contribution in [0.4, 0.5) is 5.69 Å². The maximum atomic E-state index is 12.5. The van der Waals surface area contributed by atoms with Crippen LogP contribution in [0.5, 0.6) is 5.75 Å². The highest BCUT2D eigenvalue weighted by molar-refractivity contribution is 5.96. The normalized spacial score (nSPS) is 10.4. The van der Waals surface area contributed by atoms with Gasteiger partial charge in [0.2, 0.25) is 0 Å². The van der Waals surface area contributed by atoms with Crippen LogP contribution in [0.15, 0.2) is 53.1 Å². The number of hydrogen-bond donors (Lipinski definition) is 1. The van der Waals surface area contributed by atoms with E-state index < -0.39 is 18.5 Å². The minimum absolute atomic E-state index is 0.208. The summed E-state index contributed by atoms with van der Waals surface area (Å²) in [6, 6.07) is 14.1. The Morgan fingerprint density at radius 1 is 1.07 bits per heavy atom. The molecule has 1 heterocycles. The van der Waals surface area contributed by atoms with Gasteiger partial charge in [0.05, 0.1) is 11.3 Å². The minimum atomic E-state index is -0.640. The van der Waals surface area contributed by atoms with E-state index in [9.17, 15) is 9.59 Å². The second kappa shape index (κ2) is 9.05. The first-order valence-corrected chi connectivity index (χ1v) is 9.11. The molecule has 7 heteroatoms. The van der Waals surface area contributed by atoms with Crippen LogP contribution in [0.2, 0.25) is 0 Å². The summed E-state index contributed by atoms with van der Waals surface area (Å²) in [4.78, 5) is 24.5. The van der Waals surface area contributed by atoms with Gasteiger partial charge in [-0.2, -0.15) is 0 Å². The van der Waals surface area contributed by atoms with Crippen molar-refractivity contribution in [3.05, 3.63) is 76.7 Å². The van der Waals surface area contributed by atoms with Crippen molar-refractivity contribution < 1.29 is 23.6 Å². The zero-order valence-electron chi connectivity index (χ0n) is 16.5. The molecule has 0 spiro atoms. The Morgan fingerprint density at radius 2 is 1.86 bits per heavy atom. The summed E-state index contributed by atoms with van der Waals surface area (Å²) < 4.78 is 16.1. The maximum Gasteiger partial charge on any atom is 0.342 e. The lowest BCUT2D eigenvalue weighted by molar-refractivity contribution is -0.119. The Morgan fingerprint density at radius 3 is 2.59 bits per heavy atom. The number of aryl methyl sites for hydroxylation is 3. The number of benzene rings is 2. The molecule has 0 bridgehead atoms. The third-order valence-corrected chi connectivity index (χ3v) is 4.30. The second-order valence-corrected chi connectivity index (χ2v) is 6.58. The van der Waals surface area contributed by atoms with Gasteiger partial charge >= 0.3 is 5.97 Å². The number of anilines is 1. The minimum Gasteiger partial charge on any atom is -0.488 e. The van der Waals surface area contributed by atoms with E-state index >= 15 is 0 Å². The number of carbonyl (C=O) groups is 2. The summed E-state index contributed by atoms with van der Waals surface area (Å²) in [7, 11) is 0. The number of para-hydroxylation sites is 1. The van der Waals surface area contributed by atoms with Crippen LogP contribution in [0.1, 0.15) is 32.9 Å². The van der Waals surface area contributed by atoms with Gasteiger partial charge in [0, 0.05) is 5.69 Å². The topological polar surface area (TPSA) is 90.7 Å². The van der Waals surface area contributed by atoms with Crippen molar-refractivity contribution in [3.63, 3.8) is 0 Å². The summed E-state index contributed by atoms with van der Waals surface area (Å²) in [5.41, 5.74) is 3.46. The number of aromatic nitrogens is 1. The molecule has 3 aromatic rings. The maximum absolute atomic E-state index is 12.5. The predicted molar refractivity (Wildman–Crippen MR) is 107 cm³/mol. The van der Waals surface area contributed by atoms with E-state index in [0.29, 0.717) is 17.2 Å². The van der Waals surface area contributed by atoms with Gasteiger partial charge < -0.3 is 19.3 Å². The van der Waals surface area contributed by atoms with Crippen molar-refractivity contribution in [2.45, 2.75) is 27.4 Å². The molecule has 1 aromatic heterocycles. The van der Waals surface area contributed by atoms with Crippen molar-refractivity contribution in [2.75, 3.05) is 11.9 Å². The molecule has 0 fully saturated rings. The lowest BCUT2D eigenvalue weighted by atomic mass is 10.2. The van der Waals surface area contributed by atoms with Crippen molar-refractivity contribution in [3.8, 4) is 5.75 Å². The molecule has 1 amide bonds. The lowest BCUT2D eigenvalue weighted by Gasteiger charge is -2.11. The standard InChI is InChI=1S/C22H22N2O5/c1-14-7-6-8-17(11-14)23-21(25)13-28-22(26)18-9-4-5-10-20(18)27-12-19-15(2)24-29-16(19)3/h4-11H,12-13H2,1-3H3,(H,23,25). The average Bonchev–Trinajstić information content (AvgIpc) is 3.02. The average molecular weight is 394 g/mol. The first kappa shape index (κ1) is 20.1. The number of nitrogens with one attached hydrogen (secondary N) is 1. The van der Waals surface area contributed by atoms with Crippen LogP contribution in [0.3, 0.4) is 0 Å². The van der Waals surface area contributed by atoms with E-state index in [1.165, 1.54) is 0 Å². The zero-order valence-corrected chi connectivity index (χ0v) is 16.5. The Labute approximate surface area is 168 Å². The van der Waals surface area contributed by atoms with Crippen LogP contribution < -0.4 is 10.1 Å². The second-order valence-electron chi connectivity index (χ2n) is 6.58. The van der Waals surface area contributed by atoms with E-state index in [-0.39, 0.29) is 12.2 Å². The highest BCUT2D eigenvalue weighted by atomic mass is 16.5. The SMILES string of the molecule is Cc1cccc(NC(=O)COC(=O)c2ccccc2OCc2c(C)noc2C)c1. The largest absolute Gasteiger partial charge is 0.488 e. The van der Waals surface area contributed by atoms with Gasteiger partial charge in [0.25, 0.3) is 5.91 Å². The Bertz CT molecular complexity index is 1010. The molecule has 0 aliphatic carbocycles. The Kier molecular flexibility index (Phi) is 6.29. The quantitative estimate of drug-likeness (QED) is 0.610. The fraction of sp³-hybridized carbons (Fsp3) is 0.227. The molecular weight excluding hydrogens is 372 g/mol. The monoisotopic (exact) mass is 394 g/mol. The van der Waals surface area contributed by atoms with Crippen molar-refractivity contribution in [1.29, 1.82) is 0 Å². The number of hydrogen-bond acceptors (Lipinski definition) is 6. The number of esters is 1. The van der Waals surface area contributed by atoms with E-state index in [1.807, 2.05) is 32.0 Å². The van der Waals surface area contributed by atoms with Crippen molar-refractivity contribution >= 4 is 17.6 Å². The number of carbonyl (C=O) groups excluding carboxylic acids is 2. The molecule has 29 heavy (non-hydrogen) atoms. The predicted octanol–water partition coefficient (Wildman–Crippen LogP) is 3.97. The molecule has 0 aliphatic rings. The molecule has 7 nitrogen and oxygen atoms in total. The van der Waals surface area contributed by atoms with Crippen molar-refractivity contribution in [1.82, 2.24) is 5.16 Å². The number of amides is 1. The first-order chi connectivity index (χ1) is 13.9. The van der Waals surface area contributed by atoms with Gasteiger partial charge in [0.15, 0.2) is 6.61 Å². The Balaban J connectivity index is 1.60. The summed E-state index contributed by atoms with van der Waals surface area (Å²) in [5.74, 6) is -0.0382. The van der Waals surface area contributed by atoms with Gasteiger partial charge in [-0.1, -0.05) is 29.4 Å². The van der Waals surface area contributed by atoms with Crippen LogP contribution in [0, 0.1) is 20.8 Å². The molecule has 0 radical (unpaired) electrons. The number of nitrogens with zero attached hydrogens (tertiary/aromatic N) is 1. The number of ether oxygens (including phenoxy) is 2. The van der Waals surface area contributed by atoms with Gasteiger partial charge in [0.1, 0.15) is 23.7 Å². The molecule has 0 atom stereocenters. The smallest absolute Gasteiger partial charge is 0.342 e. The molecule has 1 N–H and O–H groups in total. The molecule has 2 aromatic carbocycles. The molecule has 0 unspecified atom stereocenters. The fourth-order valence-corrected chi connectivity index (χ4v) is 2.75. The molecular formula is C22H22N2O5. The molecule has 3 rings (SSSR count). The fourth-order valence-electron chi connectivity index (χ4n) is 2.75. The summed E-state index contributed by atoms with van der Waals surface area (Å²) in [5, 5.41) is 6.58. The third-order valence-electron chi connectivity index (χ3n) is 4.30. The lowest BCUT2D eigenvalue weighted by Crippen LogP contribution is -2.21.